The molecule has 1 unspecified atom stereocenters. The van der Waals surface area contributed by atoms with Crippen LogP contribution in [0.15, 0.2) is 54.6 Å². The van der Waals surface area contributed by atoms with Gasteiger partial charge in [-0.1, -0.05) is 62.9 Å². The first-order valence-corrected chi connectivity index (χ1v) is 6.13. The smallest absolute Gasteiger partial charge is 0.0563 e. The van der Waals surface area contributed by atoms with Crippen molar-refractivity contribution in [3.63, 3.8) is 0 Å². The Morgan fingerprint density at radius 3 is 2.47 bits per heavy atom. The van der Waals surface area contributed by atoms with Crippen LogP contribution in [0.25, 0.3) is 5.57 Å². The first-order valence-electron chi connectivity index (χ1n) is 6.13. The molecule has 17 heavy (non-hydrogen) atoms. The molecule has 0 bridgehead atoms. The van der Waals surface area contributed by atoms with E-state index in [4.69, 9.17) is 5.73 Å². The molecule has 1 aromatic rings. The Kier molecular flexibility index (Phi) is 4.92. The monoisotopic (exact) mass is 227 g/mol. The highest BCUT2D eigenvalue weighted by atomic mass is 14.7. The SMILES string of the molecule is C=CC1=C(/C=C\C)C(N)c2ccccc21.CC. The second-order valence-electron chi connectivity index (χ2n) is 3.64. The molecule has 0 aromatic heterocycles. The molecule has 0 fully saturated rings. The van der Waals surface area contributed by atoms with Gasteiger partial charge in [-0.2, -0.15) is 0 Å². The summed E-state index contributed by atoms with van der Waals surface area (Å²) in [6, 6.07) is 8.24. The normalized spacial score (nSPS) is 17.8. The summed E-state index contributed by atoms with van der Waals surface area (Å²) >= 11 is 0. The highest BCUT2D eigenvalue weighted by Gasteiger charge is 2.24. The van der Waals surface area contributed by atoms with Gasteiger partial charge in [-0.25, -0.2) is 0 Å². The molecule has 0 aliphatic heterocycles. The average molecular weight is 227 g/mol. The number of rotatable bonds is 2. The second kappa shape index (κ2) is 6.21. The van der Waals surface area contributed by atoms with E-state index >= 15 is 0 Å². The first-order chi connectivity index (χ1) is 8.29. The van der Waals surface area contributed by atoms with Crippen molar-refractivity contribution in [3.05, 3.63) is 65.8 Å². The van der Waals surface area contributed by atoms with Crippen molar-refractivity contribution in [2.45, 2.75) is 26.8 Å². The van der Waals surface area contributed by atoms with Gasteiger partial charge in [-0.15, -0.1) is 0 Å². The highest BCUT2D eigenvalue weighted by Crippen LogP contribution is 2.39. The van der Waals surface area contributed by atoms with E-state index in [0.29, 0.717) is 0 Å². The third-order valence-corrected chi connectivity index (χ3v) is 2.78. The number of fused-ring (bicyclic) bond motifs is 1. The maximum Gasteiger partial charge on any atom is 0.0563 e. The van der Waals surface area contributed by atoms with Crippen molar-refractivity contribution < 1.29 is 0 Å². The highest BCUT2D eigenvalue weighted by molar-refractivity contribution is 5.85. The predicted molar refractivity (Wildman–Crippen MR) is 76.6 cm³/mol. The molecule has 0 spiro atoms. The van der Waals surface area contributed by atoms with E-state index in [1.165, 1.54) is 11.1 Å². The fourth-order valence-corrected chi connectivity index (χ4v) is 2.10. The molecule has 0 heterocycles. The second-order valence-corrected chi connectivity index (χ2v) is 3.64. The summed E-state index contributed by atoms with van der Waals surface area (Å²) in [5.74, 6) is 0. The standard InChI is InChI=1S/C14H15N.C2H6/c1-3-7-12-10(4-2)11-8-5-6-9-13(11)14(12)15;1-2/h3-9,14H,2,15H2,1H3;1-2H3/b7-3-;. The summed E-state index contributed by atoms with van der Waals surface area (Å²) in [7, 11) is 0. The molecule has 1 nitrogen and oxygen atoms in total. The van der Waals surface area contributed by atoms with E-state index in [2.05, 4.69) is 24.8 Å². The number of benzene rings is 1. The van der Waals surface area contributed by atoms with Crippen LogP contribution in [0.5, 0.6) is 0 Å². The Morgan fingerprint density at radius 2 is 1.88 bits per heavy atom. The lowest BCUT2D eigenvalue weighted by Crippen LogP contribution is -2.08. The summed E-state index contributed by atoms with van der Waals surface area (Å²) in [5.41, 5.74) is 10.9. The number of hydrogen-bond acceptors (Lipinski definition) is 1. The quantitative estimate of drug-likeness (QED) is 0.803. The van der Waals surface area contributed by atoms with Crippen molar-refractivity contribution in [2.24, 2.45) is 5.73 Å². The molecular weight excluding hydrogens is 206 g/mol. The number of nitrogens with two attached hydrogens (primary N) is 1. The molecule has 1 atom stereocenters. The molecule has 0 amide bonds. The molecule has 0 saturated heterocycles. The lowest BCUT2D eigenvalue weighted by atomic mass is 10.0. The van der Waals surface area contributed by atoms with Gasteiger partial charge in [0.2, 0.25) is 0 Å². The molecule has 0 radical (unpaired) electrons. The van der Waals surface area contributed by atoms with Gasteiger partial charge in [-0.05, 0) is 29.2 Å². The van der Waals surface area contributed by atoms with E-state index < -0.39 is 0 Å². The van der Waals surface area contributed by atoms with E-state index in [0.717, 1.165) is 11.1 Å². The van der Waals surface area contributed by atoms with Crippen LogP contribution in [-0.2, 0) is 0 Å². The van der Waals surface area contributed by atoms with Gasteiger partial charge in [0, 0.05) is 0 Å². The molecule has 90 valence electrons. The molecule has 0 saturated carbocycles. The Morgan fingerprint density at radius 1 is 1.24 bits per heavy atom. The van der Waals surface area contributed by atoms with Crippen molar-refractivity contribution in [3.8, 4) is 0 Å². The van der Waals surface area contributed by atoms with Gasteiger partial charge >= 0.3 is 0 Å². The predicted octanol–water partition coefficient (Wildman–Crippen LogP) is 4.24. The maximum atomic E-state index is 6.19. The van der Waals surface area contributed by atoms with Crippen LogP contribution in [0, 0.1) is 0 Å². The topological polar surface area (TPSA) is 26.0 Å². The van der Waals surface area contributed by atoms with Gasteiger partial charge in [0.1, 0.15) is 0 Å². The van der Waals surface area contributed by atoms with E-state index in [9.17, 15) is 0 Å². The Bertz CT molecular complexity index is 452. The van der Waals surface area contributed by atoms with Crippen molar-refractivity contribution in [1.82, 2.24) is 0 Å². The van der Waals surface area contributed by atoms with E-state index in [1.54, 1.807) is 0 Å². The minimum absolute atomic E-state index is 0.00889. The zero-order valence-electron chi connectivity index (χ0n) is 10.9. The van der Waals surface area contributed by atoms with Crippen LogP contribution in [0.1, 0.15) is 37.9 Å². The van der Waals surface area contributed by atoms with Crippen LogP contribution in [0.4, 0.5) is 0 Å². The zero-order chi connectivity index (χ0) is 12.8. The van der Waals surface area contributed by atoms with Crippen molar-refractivity contribution in [2.75, 3.05) is 0 Å². The third kappa shape index (κ3) is 2.40. The fraction of sp³-hybridized carbons (Fsp3) is 0.250. The molecule has 1 heteroatoms. The Hall–Kier alpha value is -1.60. The van der Waals surface area contributed by atoms with E-state index in [1.807, 2.05) is 45.1 Å². The van der Waals surface area contributed by atoms with Crippen LogP contribution in [0.3, 0.4) is 0 Å². The molecule has 1 aliphatic carbocycles. The van der Waals surface area contributed by atoms with Crippen LogP contribution >= 0.6 is 0 Å². The minimum Gasteiger partial charge on any atom is -0.320 e. The van der Waals surface area contributed by atoms with Gasteiger partial charge in [0.25, 0.3) is 0 Å². The van der Waals surface area contributed by atoms with Crippen molar-refractivity contribution in [1.29, 1.82) is 0 Å². The van der Waals surface area contributed by atoms with Crippen molar-refractivity contribution >= 4 is 5.57 Å². The largest absolute Gasteiger partial charge is 0.320 e. The summed E-state index contributed by atoms with van der Waals surface area (Å²) in [6.45, 7) is 9.86. The van der Waals surface area contributed by atoms with Crippen LogP contribution in [-0.4, -0.2) is 0 Å². The molecule has 2 N–H and O–H groups in total. The van der Waals surface area contributed by atoms with Gasteiger partial charge in [0.15, 0.2) is 0 Å². The van der Waals surface area contributed by atoms with Crippen LogP contribution < -0.4 is 5.73 Å². The number of hydrogen-bond donors (Lipinski definition) is 1. The van der Waals surface area contributed by atoms with Crippen LogP contribution in [0.2, 0.25) is 0 Å². The lowest BCUT2D eigenvalue weighted by Gasteiger charge is -2.06. The fourth-order valence-electron chi connectivity index (χ4n) is 2.10. The molecule has 2 rings (SSSR count). The maximum absolute atomic E-state index is 6.19. The minimum atomic E-state index is -0.00889. The van der Waals surface area contributed by atoms with Gasteiger partial charge < -0.3 is 5.73 Å². The lowest BCUT2D eigenvalue weighted by molar-refractivity contribution is 0.892. The zero-order valence-corrected chi connectivity index (χ0v) is 10.9. The van der Waals surface area contributed by atoms with Gasteiger partial charge in [-0.3, -0.25) is 0 Å². The van der Waals surface area contributed by atoms with Gasteiger partial charge in [0.05, 0.1) is 6.04 Å². The summed E-state index contributed by atoms with van der Waals surface area (Å²) < 4.78 is 0. The Labute approximate surface area is 104 Å². The summed E-state index contributed by atoms with van der Waals surface area (Å²) in [5, 5.41) is 0. The van der Waals surface area contributed by atoms with E-state index in [-0.39, 0.29) is 6.04 Å². The summed E-state index contributed by atoms with van der Waals surface area (Å²) in [6.07, 6.45) is 5.98. The summed E-state index contributed by atoms with van der Waals surface area (Å²) in [4.78, 5) is 0. The first kappa shape index (κ1) is 13.5. The third-order valence-electron chi connectivity index (χ3n) is 2.78. The molecular formula is C16H21N. The Balaban J connectivity index is 0.000000686. The molecule has 1 aliphatic rings. The molecule has 1 aromatic carbocycles. The average Bonchev–Trinajstić information content (AvgIpc) is 2.66. The number of allylic oxidation sites excluding steroid dienone is 3.